The Hall–Kier alpha value is -2.14. The number of amides is 1. The van der Waals surface area contributed by atoms with Crippen molar-refractivity contribution in [3.05, 3.63) is 70.5 Å². The topological polar surface area (TPSA) is 29.5 Å². The van der Waals surface area contributed by atoms with E-state index in [1.54, 1.807) is 11.0 Å². The lowest BCUT2D eigenvalue weighted by Crippen LogP contribution is -2.37. The van der Waals surface area contributed by atoms with Crippen LogP contribution in [0.5, 0.6) is 5.75 Å². The lowest BCUT2D eigenvalue weighted by atomic mass is 10.00. The largest absolute Gasteiger partial charge is 0.481 e. The van der Waals surface area contributed by atoms with Gasteiger partial charge in [-0.2, -0.15) is 0 Å². The van der Waals surface area contributed by atoms with E-state index in [0.717, 1.165) is 6.42 Å². The molecule has 0 fully saturated rings. The summed E-state index contributed by atoms with van der Waals surface area (Å²) in [5.41, 5.74) is 2.44. The van der Waals surface area contributed by atoms with Crippen LogP contribution in [0.4, 0.5) is 4.39 Å². The average molecular weight is 390 g/mol. The Kier molecular flexibility index (Phi) is 5.30. The second kappa shape index (κ2) is 7.62. The van der Waals surface area contributed by atoms with Crippen LogP contribution in [0.2, 0.25) is 0 Å². The van der Waals surface area contributed by atoms with Crippen molar-refractivity contribution in [1.82, 2.24) is 4.90 Å². The molecule has 5 heteroatoms. The molecule has 0 saturated carbocycles. The normalized spacial score (nSPS) is 14.2. The Morgan fingerprint density at radius 1 is 1.21 bits per heavy atom. The Labute approximate surface area is 148 Å². The molecule has 0 saturated heterocycles. The zero-order valence-corrected chi connectivity index (χ0v) is 14.6. The summed E-state index contributed by atoms with van der Waals surface area (Å²) in [5.74, 6) is -0.535. The summed E-state index contributed by atoms with van der Waals surface area (Å²) in [6.45, 7) is 1.04. The second-order valence-electron chi connectivity index (χ2n) is 5.55. The van der Waals surface area contributed by atoms with Crippen molar-refractivity contribution in [2.75, 3.05) is 19.7 Å². The number of ether oxygens (including phenoxy) is 1. The molecule has 0 spiro atoms. The highest BCUT2D eigenvalue weighted by Crippen LogP contribution is 2.23. The Morgan fingerprint density at radius 3 is 2.67 bits per heavy atom. The predicted molar refractivity (Wildman–Crippen MR) is 95.2 cm³/mol. The maximum atomic E-state index is 13.7. The quantitative estimate of drug-likeness (QED) is 0.780. The molecule has 0 aliphatic carbocycles. The van der Waals surface area contributed by atoms with Crippen molar-refractivity contribution < 1.29 is 13.9 Å². The maximum absolute atomic E-state index is 13.7. The molecule has 1 aliphatic heterocycles. The molecule has 24 heavy (non-hydrogen) atoms. The highest BCUT2D eigenvalue weighted by molar-refractivity contribution is 9.10. The monoisotopic (exact) mass is 389 g/mol. The summed E-state index contributed by atoms with van der Waals surface area (Å²) in [4.78, 5) is 14.0. The molecule has 124 valence electrons. The summed E-state index contributed by atoms with van der Waals surface area (Å²) in [6, 6.07) is 14.7. The van der Waals surface area contributed by atoms with Crippen LogP contribution >= 0.6 is 15.9 Å². The molecule has 2 aromatic rings. The fourth-order valence-corrected chi connectivity index (χ4v) is 2.97. The van der Waals surface area contributed by atoms with Gasteiger partial charge in [0.15, 0.2) is 18.2 Å². The fourth-order valence-electron chi connectivity index (χ4n) is 2.63. The predicted octanol–water partition coefficient (Wildman–Crippen LogP) is 4.28. The van der Waals surface area contributed by atoms with Gasteiger partial charge < -0.3 is 9.64 Å². The van der Waals surface area contributed by atoms with Crippen LogP contribution in [0.1, 0.15) is 12.0 Å². The number of benzene rings is 2. The second-order valence-corrected chi connectivity index (χ2v) is 6.46. The molecule has 1 amide bonds. The summed E-state index contributed by atoms with van der Waals surface area (Å²) in [5, 5.41) is 0. The molecular weight excluding hydrogens is 373 g/mol. The highest BCUT2D eigenvalue weighted by Gasteiger charge is 2.18. The van der Waals surface area contributed by atoms with E-state index in [0.29, 0.717) is 17.6 Å². The third kappa shape index (κ3) is 4.03. The number of nitrogens with zero attached hydrogens (tertiary/aromatic N) is 1. The molecule has 0 radical (unpaired) electrons. The molecule has 0 aromatic heterocycles. The lowest BCUT2D eigenvalue weighted by Gasteiger charge is -2.26. The lowest BCUT2D eigenvalue weighted by molar-refractivity contribution is -0.132. The molecule has 0 N–H and O–H groups in total. The minimum Gasteiger partial charge on any atom is -0.481 e. The number of carbonyl (C=O) groups is 1. The Balaban J connectivity index is 1.56. The molecule has 0 atom stereocenters. The average Bonchev–Trinajstić information content (AvgIpc) is 2.62. The van der Waals surface area contributed by atoms with Crippen LogP contribution in [0.3, 0.4) is 0 Å². The van der Waals surface area contributed by atoms with E-state index in [1.807, 2.05) is 18.2 Å². The molecular formula is C19H17BrFNO2. The summed E-state index contributed by atoms with van der Waals surface area (Å²) in [6.07, 6.45) is 2.87. The van der Waals surface area contributed by atoms with Crippen molar-refractivity contribution in [2.45, 2.75) is 6.42 Å². The van der Waals surface area contributed by atoms with Gasteiger partial charge in [0, 0.05) is 17.6 Å². The Bertz CT molecular complexity index is 761. The van der Waals surface area contributed by atoms with Gasteiger partial charge in [0.05, 0.1) is 0 Å². The van der Waals surface area contributed by atoms with E-state index in [2.05, 4.69) is 34.1 Å². The first-order valence-electron chi connectivity index (χ1n) is 7.73. The summed E-state index contributed by atoms with van der Waals surface area (Å²) in [7, 11) is 0. The van der Waals surface area contributed by atoms with Gasteiger partial charge in [0.25, 0.3) is 5.91 Å². The van der Waals surface area contributed by atoms with Crippen LogP contribution in [-0.2, 0) is 4.79 Å². The molecule has 1 aliphatic rings. The number of rotatable bonds is 4. The molecule has 1 heterocycles. The highest BCUT2D eigenvalue weighted by atomic mass is 79.9. The maximum Gasteiger partial charge on any atom is 0.260 e. The SMILES string of the molecule is O=C(COc1ccc(Br)cc1F)N1CC=C(c2ccccc2)CC1. The molecule has 0 unspecified atom stereocenters. The van der Waals surface area contributed by atoms with Gasteiger partial charge in [-0.15, -0.1) is 0 Å². The molecule has 3 rings (SSSR count). The van der Waals surface area contributed by atoms with Gasteiger partial charge in [-0.05, 0) is 35.8 Å². The number of hydrogen-bond donors (Lipinski definition) is 0. The first-order valence-corrected chi connectivity index (χ1v) is 8.53. The van der Waals surface area contributed by atoms with Crippen molar-refractivity contribution in [3.63, 3.8) is 0 Å². The van der Waals surface area contributed by atoms with E-state index in [-0.39, 0.29) is 18.3 Å². The number of halogens is 2. The van der Waals surface area contributed by atoms with Gasteiger partial charge in [0.1, 0.15) is 0 Å². The van der Waals surface area contributed by atoms with Crippen molar-refractivity contribution in [3.8, 4) is 5.75 Å². The summed E-state index contributed by atoms with van der Waals surface area (Å²) < 4.78 is 19.6. The zero-order valence-electron chi connectivity index (χ0n) is 13.0. The van der Waals surface area contributed by atoms with Crippen molar-refractivity contribution in [2.24, 2.45) is 0 Å². The number of hydrogen-bond acceptors (Lipinski definition) is 2. The van der Waals surface area contributed by atoms with Crippen LogP contribution in [-0.4, -0.2) is 30.5 Å². The van der Waals surface area contributed by atoms with Crippen molar-refractivity contribution >= 4 is 27.4 Å². The van der Waals surface area contributed by atoms with E-state index in [1.165, 1.54) is 23.3 Å². The van der Waals surface area contributed by atoms with Gasteiger partial charge in [-0.3, -0.25) is 4.79 Å². The number of carbonyl (C=O) groups excluding carboxylic acids is 1. The van der Waals surface area contributed by atoms with E-state index in [9.17, 15) is 9.18 Å². The first-order chi connectivity index (χ1) is 11.6. The zero-order chi connectivity index (χ0) is 16.9. The van der Waals surface area contributed by atoms with Crippen LogP contribution < -0.4 is 4.74 Å². The standard InChI is InChI=1S/C19H17BrFNO2/c20-16-6-7-18(17(21)12-16)24-13-19(23)22-10-8-15(9-11-22)14-4-2-1-3-5-14/h1-8,12H,9-11,13H2. The summed E-state index contributed by atoms with van der Waals surface area (Å²) >= 11 is 3.19. The molecule has 0 bridgehead atoms. The molecule has 2 aromatic carbocycles. The van der Waals surface area contributed by atoms with Gasteiger partial charge in [0.2, 0.25) is 0 Å². The van der Waals surface area contributed by atoms with E-state index >= 15 is 0 Å². The van der Waals surface area contributed by atoms with Crippen molar-refractivity contribution in [1.29, 1.82) is 0 Å². The Morgan fingerprint density at radius 2 is 2.00 bits per heavy atom. The van der Waals surface area contributed by atoms with E-state index < -0.39 is 5.82 Å². The van der Waals surface area contributed by atoms with Crippen LogP contribution in [0, 0.1) is 5.82 Å². The van der Waals surface area contributed by atoms with E-state index in [4.69, 9.17) is 4.74 Å². The fraction of sp³-hybridized carbons (Fsp3) is 0.211. The minimum absolute atomic E-state index is 0.0871. The van der Waals surface area contributed by atoms with Gasteiger partial charge in [-0.25, -0.2) is 4.39 Å². The first kappa shape index (κ1) is 16.7. The smallest absolute Gasteiger partial charge is 0.260 e. The molecule has 3 nitrogen and oxygen atoms in total. The van der Waals surface area contributed by atoms with Gasteiger partial charge in [-0.1, -0.05) is 52.3 Å². The van der Waals surface area contributed by atoms with Gasteiger partial charge >= 0.3 is 0 Å². The third-order valence-corrected chi connectivity index (χ3v) is 4.44. The van der Waals surface area contributed by atoms with Crippen LogP contribution in [0.15, 0.2) is 59.1 Å². The third-order valence-electron chi connectivity index (χ3n) is 3.95. The minimum atomic E-state index is -0.484. The van der Waals surface area contributed by atoms with Crippen LogP contribution in [0.25, 0.3) is 5.57 Å².